The highest BCUT2D eigenvalue weighted by atomic mass is 31.2. The smallest absolute Gasteiger partial charge is 0.463 e. The number of hydrogen-bond donors (Lipinski definition) is 3. The first-order valence-electron chi connectivity index (χ1n) is 52.5. The average molecular weight is 1840 g/mol. The first-order valence-corrected chi connectivity index (χ1v) is 57.0. The third-order valence-corrected chi connectivity index (χ3v) is 37.1. The zero-order chi connectivity index (χ0) is 91.5. The maximum atomic E-state index is 14.3. The molecule has 0 amide bonds. The molecule has 8 bridgehead atoms. The van der Waals surface area contributed by atoms with E-state index in [1.165, 1.54) is 19.3 Å². The SMILES string of the molecule is CCCCCCCC1c2cc(c(OP(OC3CC(C)CCC3C(C)C)N(CC)CC)cc2O)C(CCCCCCC)c2cc3c(cc2O)OP(OC2CC(C)CCC2C(C)C)Oc2cc(OP(OC4CC(C)CCC4C(C)C)N(CC)CC)c(cc2C3CCCCCCC)C(CCCCCCC)c2cc1c(OP(OC1CC(C)CCC1C(C)C)N(CC)CC)cc2O. The van der Waals surface area contributed by atoms with Crippen LogP contribution in [-0.4, -0.2) is 93.0 Å². The molecule has 15 nitrogen and oxygen atoms in total. The number of hydrogen-bond acceptors (Lipinski definition) is 15. The van der Waals surface area contributed by atoms with E-state index in [-0.39, 0.29) is 53.5 Å². The zero-order valence-corrected chi connectivity index (χ0v) is 87.6. The van der Waals surface area contributed by atoms with Crippen LogP contribution in [0.1, 0.15) is 452 Å². The highest BCUT2D eigenvalue weighted by Gasteiger charge is 2.46. The maximum absolute atomic E-state index is 14.3. The Morgan fingerprint density at radius 2 is 0.567 bits per heavy atom. The lowest BCUT2D eigenvalue weighted by Crippen LogP contribution is -2.35. The lowest BCUT2D eigenvalue weighted by atomic mass is 9.75. The summed E-state index contributed by atoms with van der Waals surface area (Å²) in [4.78, 5) is 0. The molecule has 4 saturated carbocycles. The quantitative estimate of drug-likeness (QED) is 0.0284. The summed E-state index contributed by atoms with van der Waals surface area (Å²) in [6.07, 6.45) is 36.4. The van der Waals surface area contributed by atoms with Crippen LogP contribution < -0.4 is 22.6 Å². The van der Waals surface area contributed by atoms with Gasteiger partial charge in [0.05, 0.1) is 24.4 Å². The number of nitrogens with zero attached hydrogens (tertiary/aromatic N) is 3. The first-order chi connectivity index (χ1) is 61.2. The minimum atomic E-state index is -2.22. The van der Waals surface area contributed by atoms with Crippen molar-refractivity contribution in [2.75, 3.05) is 39.3 Å². The molecule has 127 heavy (non-hydrogen) atoms. The van der Waals surface area contributed by atoms with Gasteiger partial charge in [0.15, 0.2) is 0 Å². The van der Waals surface area contributed by atoms with Gasteiger partial charge in [0.25, 0.3) is 0 Å². The molecule has 0 radical (unpaired) electrons. The number of phenolic OH excluding ortho intramolecular Hbond substituents is 3. The van der Waals surface area contributed by atoms with E-state index in [9.17, 15) is 15.3 Å². The van der Waals surface area contributed by atoms with E-state index in [1.807, 2.05) is 18.2 Å². The lowest BCUT2D eigenvalue weighted by Gasteiger charge is -2.40. The summed E-state index contributed by atoms with van der Waals surface area (Å²) in [6.45, 7) is 55.3. The van der Waals surface area contributed by atoms with Crippen molar-refractivity contribution in [2.24, 2.45) is 71.0 Å². The fraction of sp³-hybridized carbons (Fsp3) is 0.778. The second kappa shape index (κ2) is 53.3. The molecule has 20 atom stereocenters. The Bertz CT molecular complexity index is 3860. The van der Waals surface area contributed by atoms with Crippen molar-refractivity contribution in [2.45, 2.75) is 432 Å². The van der Waals surface area contributed by atoms with E-state index in [4.69, 9.17) is 40.7 Å². The zero-order valence-electron chi connectivity index (χ0n) is 84.0. The normalized spacial score (nSPS) is 26.5. The number of aromatic hydroxyl groups is 3. The van der Waals surface area contributed by atoms with Crippen molar-refractivity contribution < 1.29 is 56.0 Å². The number of benzene rings is 4. The fourth-order valence-electron chi connectivity index (χ4n) is 22.4. The lowest BCUT2D eigenvalue weighted by molar-refractivity contribution is 0.0392. The molecule has 4 fully saturated rings. The highest BCUT2D eigenvalue weighted by molar-refractivity contribution is 7.45. The van der Waals surface area contributed by atoms with E-state index < -0.39 is 51.9 Å². The molecule has 5 aliphatic carbocycles. The number of phenols is 3. The van der Waals surface area contributed by atoms with Crippen LogP contribution in [0.25, 0.3) is 0 Å². The Hall–Kier alpha value is -3.28. The second-order valence-electron chi connectivity index (χ2n) is 41.5. The fourth-order valence-corrected chi connectivity index (χ4v) is 28.3. The Kier molecular flexibility index (Phi) is 44.4. The molecule has 6 aliphatic rings. The van der Waals surface area contributed by atoms with Crippen molar-refractivity contribution in [3.63, 3.8) is 0 Å². The molecule has 4 aromatic carbocycles. The van der Waals surface area contributed by atoms with Gasteiger partial charge in [0.2, 0.25) is 0 Å². The molecule has 1 aliphatic heterocycles. The van der Waals surface area contributed by atoms with E-state index in [2.05, 4.69) is 197 Å². The Labute approximate surface area is 780 Å². The molecule has 1 heterocycles. The van der Waals surface area contributed by atoms with Crippen LogP contribution in [0.2, 0.25) is 0 Å². The largest absolute Gasteiger partial charge is 0.508 e. The van der Waals surface area contributed by atoms with Crippen LogP contribution in [0.15, 0.2) is 48.5 Å². The summed E-state index contributed by atoms with van der Waals surface area (Å²) in [5.74, 6) is 6.68. The topological polar surface area (TPSA) is 153 Å². The van der Waals surface area contributed by atoms with E-state index in [0.29, 0.717) is 139 Å². The standard InChI is InChI=1S/C108H181N3O12P4/c1-23-33-37-41-45-49-85-89-65-92(104(69-97(89)112)118-124(109(27-5)28-6)115-100-61-77(19)53-57-81(100)73(11)12)86(50-46-42-38-34-24-2)91-67-94-88(52-48-44-40-36-26-4)96-68-95(87(51-47-43-39-35-25-3)90-66-93(85)105(70-98(90)113)119-125(110(29-7)30-8)116-101-62-78(20)54-58-82(101)74(13)14)107(120-126(111(31-9)32-10)117-102-63-79(21)55-59-83(102)75(15)16)72-108(96)123-127(122-106(94)71-99(91)114)121-103-64-80(22)56-60-84(103)76(17)18/h65-88,100-103,112-114H,23-64H2,1-22H3. The van der Waals surface area contributed by atoms with Crippen molar-refractivity contribution >= 4 is 34.2 Å². The van der Waals surface area contributed by atoms with Crippen LogP contribution in [0.5, 0.6) is 46.0 Å². The van der Waals surface area contributed by atoms with Crippen molar-refractivity contribution in [1.29, 1.82) is 0 Å². The molecule has 0 aromatic heterocycles. The number of unbranched alkanes of at least 4 members (excludes halogenated alkanes) is 16. The average Bonchev–Trinajstić information content (AvgIpc) is 0.739. The van der Waals surface area contributed by atoms with Crippen LogP contribution in [0.4, 0.5) is 0 Å². The molecular formula is C108H181N3O12P4. The molecule has 720 valence electrons. The third kappa shape index (κ3) is 28.9. The van der Waals surface area contributed by atoms with Gasteiger partial charge in [-0.15, -0.1) is 0 Å². The van der Waals surface area contributed by atoms with Gasteiger partial charge in [-0.25, -0.2) is 14.0 Å². The van der Waals surface area contributed by atoms with Gasteiger partial charge >= 0.3 is 34.2 Å². The molecule has 4 aromatic rings. The molecular weight excluding hydrogens is 1660 g/mol. The molecule has 20 unspecified atom stereocenters. The monoisotopic (exact) mass is 1840 g/mol. The minimum absolute atomic E-state index is 0.0199. The van der Waals surface area contributed by atoms with Gasteiger partial charge in [-0.1, -0.05) is 306 Å². The van der Waals surface area contributed by atoms with Crippen LogP contribution in [0, 0.1) is 71.0 Å². The Morgan fingerprint density at radius 3 is 0.866 bits per heavy atom. The number of rotatable bonds is 51. The Balaban J connectivity index is 1.40. The number of fused-ring (bicyclic) bond motifs is 6. The summed E-state index contributed by atoms with van der Waals surface area (Å²) >= 11 is 0. The Morgan fingerprint density at radius 1 is 0.315 bits per heavy atom. The van der Waals surface area contributed by atoms with Gasteiger partial charge in [-0.2, -0.15) is 0 Å². The van der Waals surface area contributed by atoms with Gasteiger partial charge in [0.1, 0.15) is 46.0 Å². The van der Waals surface area contributed by atoms with Crippen LogP contribution in [-0.2, 0) is 18.1 Å². The van der Waals surface area contributed by atoms with Gasteiger partial charge in [-0.3, -0.25) is 4.52 Å². The predicted molar refractivity (Wildman–Crippen MR) is 536 cm³/mol. The van der Waals surface area contributed by atoms with Crippen LogP contribution in [0.3, 0.4) is 0 Å². The summed E-state index contributed by atoms with van der Waals surface area (Å²) < 4.78 is 78.0. The van der Waals surface area contributed by atoms with Crippen molar-refractivity contribution in [3.05, 3.63) is 93.0 Å². The van der Waals surface area contributed by atoms with Gasteiger partial charge < -0.3 is 51.5 Å². The second-order valence-corrected chi connectivity index (χ2v) is 46.8. The summed E-state index contributed by atoms with van der Waals surface area (Å²) in [7, 11) is -7.54. The van der Waals surface area contributed by atoms with E-state index in [1.54, 1.807) is 0 Å². The van der Waals surface area contributed by atoms with Crippen LogP contribution >= 0.6 is 34.2 Å². The molecule has 0 saturated heterocycles. The maximum Gasteiger partial charge on any atom is 0.463 e. The first kappa shape index (κ1) is 106. The van der Waals surface area contributed by atoms with Gasteiger partial charge in [0, 0.05) is 132 Å². The molecule has 10 rings (SSSR count). The molecule has 19 heteroatoms. The van der Waals surface area contributed by atoms with E-state index in [0.717, 1.165) is 250 Å². The van der Waals surface area contributed by atoms with Gasteiger partial charge in [-0.05, 0) is 172 Å². The van der Waals surface area contributed by atoms with Crippen molar-refractivity contribution in [3.8, 4) is 46.0 Å². The summed E-state index contributed by atoms with van der Waals surface area (Å²) in [5.41, 5.74) is 7.19. The van der Waals surface area contributed by atoms with Crippen molar-refractivity contribution in [1.82, 2.24) is 14.0 Å². The molecule has 0 spiro atoms. The predicted octanol–water partition coefficient (Wildman–Crippen LogP) is 33.8. The highest BCUT2D eigenvalue weighted by Crippen LogP contribution is 2.63. The molecule has 3 N–H and O–H groups in total. The summed E-state index contributed by atoms with van der Waals surface area (Å²) in [6, 6.07) is 17.7. The minimum Gasteiger partial charge on any atom is -0.508 e. The summed E-state index contributed by atoms with van der Waals surface area (Å²) in [5, 5.41) is 42.5. The van der Waals surface area contributed by atoms with E-state index >= 15 is 0 Å². The third-order valence-electron chi connectivity index (χ3n) is 30.5.